The van der Waals surface area contributed by atoms with Crippen LogP contribution in [0.3, 0.4) is 0 Å². The molecule has 1 aliphatic heterocycles. The van der Waals surface area contributed by atoms with Gasteiger partial charge in [-0.3, -0.25) is 9.48 Å². The first-order valence-electron chi connectivity index (χ1n) is 10.9. The van der Waals surface area contributed by atoms with E-state index in [-0.39, 0.29) is 11.9 Å². The van der Waals surface area contributed by atoms with Crippen molar-refractivity contribution < 1.29 is 18.8 Å². The second-order valence-corrected chi connectivity index (χ2v) is 8.76. The lowest BCUT2D eigenvalue weighted by Crippen LogP contribution is -2.43. The predicted octanol–water partition coefficient (Wildman–Crippen LogP) is 3.85. The van der Waals surface area contributed by atoms with Gasteiger partial charge in [0.05, 0.1) is 31.2 Å². The molecule has 0 radical (unpaired) electrons. The largest absolute Gasteiger partial charge is 0.497 e. The molecule has 4 rings (SSSR count). The molecule has 1 saturated heterocycles. The fourth-order valence-electron chi connectivity index (χ4n) is 4.16. The number of aryl methyl sites for hydroxylation is 3. The van der Waals surface area contributed by atoms with E-state index >= 15 is 0 Å². The monoisotopic (exact) mass is 451 g/mol. The molecule has 0 bridgehead atoms. The molecule has 174 valence electrons. The van der Waals surface area contributed by atoms with Gasteiger partial charge in [-0.05, 0) is 57.4 Å². The van der Waals surface area contributed by atoms with Crippen molar-refractivity contribution in [3.8, 4) is 5.75 Å². The van der Waals surface area contributed by atoms with Gasteiger partial charge in [0, 0.05) is 18.3 Å². The van der Waals surface area contributed by atoms with E-state index in [4.69, 9.17) is 9.26 Å². The van der Waals surface area contributed by atoms with Crippen LogP contribution in [0.1, 0.15) is 48.9 Å². The average molecular weight is 452 g/mol. The SMILES string of the molecule is CCc1ccc(OC)cc1CN1C(=O)N(c2cnn(Cc3c(C)noc3C)c2)C(=O)C1(C)C. The Morgan fingerprint density at radius 1 is 1.12 bits per heavy atom. The number of benzene rings is 1. The summed E-state index contributed by atoms with van der Waals surface area (Å²) in [5.74, 6) is 1.15. The van der Waals surface area contributed by atoms with Gasteiger partial charge in [-0.15, -0.1) is 0 Å². The molecule has 33 heavy (non-hydrogen) atoms. The maximum absolute atomic E-state index is 13.5. The van der Waals surface area contributed by atoms with Crippen molar-refractivity contribution >= 4 is 17.6 Å². The number of ether oxygens (including phenoxy) is 1. The van der Waals surface area contributed by atoms with Gasteiger partial charge in [0.1, 0.15) is 17.0 Å². The number of rotatable bonds is 7. The Morgan fingerprint density at radius 2 is 1.88 bits per heavy atom. The van der Waals surface area contributed by atoms with Crippen LogP contribution in [-0.4, -0.2) is 44.4 Å². The molecular formula is C24H29N5O4. The summed E-state index contributed by atoms with van der Waals surface area (Å²) in [5, 5.41) is 8.33. The molecule has 1 aromatic carbocycles. The summed E-state index contributed by atoms with van der Waals surface area (Å²) < 4.78 is 12.3. The number of carbonyl (C=O) groups excluding carboxylic acids is 2. The van der Waals surface area contributed by atoms with Gasteiger partial charge in [0.15, 0.2) is 0 Å². The first kappa shape index (κ1) is 22.6. The molecule has 3 aromatic rings. The zero-order valence-electron chi connectivity index (χ0n) is 19.9. The van der Waals surface area contributed by atoms with Crippen LogP contribution in [-0.2, 0) is 24.3 Å². The number of nitrogens with zero attached hydrogens (tertiary/aromatic N) is 5. The number of imide groups is 1. The van der Waals surface area contributed by atoms with Crippen LogP contribution in [0.5, 0.6) is 5.75 Å². The number of anilines is 1. The smallest absolute Gasteiger partial charge is 0.332 e. The van der Waals surface area contributed by atoms with Crippen molar-refractivity contribution in [1.29, 1.82) is 0 Å². The van der Waals surface area contributed by atoms with Gasteiger partial charge in [-0.25, -0.2) is 9.69 Å². The van der Waals surface area contributed by atoms with E-state index in [9.17, 15) is 9.59 Å². The normalized spacial score (nSPS) is 15.6. The fourth-order valence-corrected chi connectivity index (χ4v) is 4.16. The summed E-state index contributed by atoms with van der Waals surface area (Å²) in [6.07, 6.45) is 4.05. The van der Waals surface area contributed by atoms with Crippen LogP contribution >= 0.6 is 0 Å². The third kappa shape index (κ3) is 3.88. The maximum atomic E-state index is 13.5. The number of aromatic nitrogens is 3. The lowest BCUT2D eigenvalue weighted by Gasteiger charge is -2.28. The first-order valence-corrected chi connectivity index (χ1v) is 10.9. The van der Waals surface area contributed by atoms with Gasteiger partial charge in [-0.1, -0.05) is 18.1 Å². The van der Waals surface area contributed by atoms with Gasteiger partial charge in [-0.2, -0.15) is 5.10 Å². The molecule has 9 heteroatoms. The van der Waals surface area contributed by atoms with E-state index in [2.05, 4.69) is 17.2 Å². The lowest BCUT2D eigenvalue weighted by atomic mass is 10.00. The molecule has 1 fully saturated rings. The van der Waals surface area contributed by atoms with Crippen molar-refractivity contribution in [2.45, 2.75) is 59.7 Å². The van der Waals surface area contributed by atoms with E-state index in [1.807, 2.05) is 32.0 Å². The zero-order valence-corrected chi connectivity index (χ0v) is 19.9. The van der Waals surface area contributed by atoms with Crippen LogP contribution in [0.25, 0.3) is 0 Å². The van der Waals surface area contributed by atoms with Crippen LogP contribution in [0, 0.1) is 13.8 Å². The molecule has 9 nitrogen and oxygen atoms in total. The van der Waals surface area contributed by atoms with Crippen molar-refractivity contribution in [3.05, 3.63) is 58.7 Å². The molecule has 2 aromatic heterocycles. The summed E-state index contributed by atoms with van der Waals surface area (Å²) in [5.41, 5.74) is 3.22. The third-order valence-corrected chi connectivity index (χ3v) is 6.33. The number of methoxy groups -OCH3 is 1. The Labute approximate surface area is 192 Å². The van der Waals surface area contributed by atoms with E-state index in [1.54, 1.807) is 36.7 Å². The molecule has 0 saturated carbocycles. The number of carbonyl (C=O) groups is 2. The van der Waals surface area contributed by atoms with Gasteiger partial charge >= 0.3 is 6.03 Å². The molecule has 0 aliphatic carbocycles. The summed E-state index contributed by atoms with van der Waals surface area (Å²) >= 11 is 0. The summed E-state index contributed by atoms with van der Waals surface area (Å²) in [4.78, 5) is 29.6. The Bertz CT molecular complexity index is 1190. The lowest BCUT2D eigenvalue weighted by molar-refractivity contribution is -0.123. The number of hydrogen-bond donors (Lipinski definition) is 0. The molecule has 1 aliphatic rings. The van der Waals surface area contributed by atoms with Crippen LogP contribution < -0.4 is 9.64 Å². The molecule has 0 unspecified atom stereocenters. The van der Waals surface area contributed by atoms with Crippen molar-refractivity contribution in [2.24, 2.45) is 0 Å². The van der Waals surface area contributed by atoms with E-state index in [0.717, 1.165) is 40.3 Å². The predicted molar refractivity (Wildman–Crippen MR) is 122 cm³/mol. The number of hydrogen-bond acceptors (Lipinski definition) is 6. The minimum atomic E-state index is -1.01. The first-order chi connectivity index (χ1) is 15.7. The Kier molecular flexibility index (Phi) is 5.73. The highest BCUT2D eigenvalue weighted by molar-refractivity contribution is 6.22. The standard InChI is InChI=1S/C24H29N5O4/c1-7-17-8-9-20(32-6)10-18(17)12-28-23(31)29(22(30)24(28,4)5)19-11-25-27(13-19)14-21-15(2)26-33-16(21)3/h8-11,13H,7,12,14H2,1-6H3. The van der Waals surface area contributed by atoms with E-state index in [1.165, 1.54) is 11.1 Å². The Morgan fingerprint density at radius 3 is 2.52 bits per heavy atom. The molecule has 0 atom stereocenters. The van der Waals surface area contributed by atoms with Crippen molar-refractivity contribution in [3.63, 3.8) is 0 Å². The van der Waals surface area contributed by atoms with Crippen LogP contribution in [0.4, 0.5) is 10.5 Å². The molecule has 0 spiro atoms. The van der Waals surface area contributed by atoms with Crippen LogP contribution in [0.2, 0.25) is 0 Å². The zero-order chi connectivity index (χ0) is 23.9. The van der Waals surface area contributed by atoms with E-state index in [0.29, 0.717) is 18.8 Å². The minimum Gasteiger partial charge on any atom is -0.497 e. The van der Waals surface area contributed by atoms with Gasteiger partial charge < -0.3 is 14.2 Å². The minimum absolute atomic E-state index is 0.287. The highest BCUT2D eigenvalue weighted by Crippen LogP contribution is 2.34. The second-order valence-electron chi connectivity index (χ2n) is 8.76. The quantitative estimate of drug-likeness (QED) is 0.507. The topological polar surface area (TPSA) is 93.7 Å². The molecule has 3 heterocycles. The van der Waals surface area contributed by atoms with Crippen molar-refractivity contribution in [1.82, 2.24) is 19.8 Å². The molecule has 0 N–H and O–H groups in total. The highest BCUT2D eigenvalue weighted by atomic mass is 16.5. The highest BCUT2D eigenvalue weighted by Gasteiger charge is 2.52. The second kappa shape index (κ2) is 8.38. The summed E-state index contributed by atoms with van der Waals surface area (Å²) in [6.45, 7) is 10.1. The summed E-state index contributed by atoms with van der Waals surface area (Å²) in [7, 11) is 1.61. The molecule has 3 amide bonds. The molecular weight excluding hydrogens is 422 g/mol. The Hall–Kier alpha value is -3.62. The van der Waals surface area contributed by atoms with Crippen molar-refractivity contribution in [2.75, 3.05) is 12.0 Å². The maximum Gasteiger partial charge on any atom is 0.332 e. The summed E-state index contributed by atoms with van der Waals surface area (Å²) in [6, 6.07) is 5.47. The van der Waals surface area contributed by atoms with E-state index < -0.39 is 5.54 Å². The number of amides is 3. The fraction of sp³-hybridized carbons (Fsp3) is 0.417. The van der Waals surface area contributed by atoms with Crippen LogP contribution in [0.15, 0.2) is 35.1 Å². The van der Waals surface area contributed by atoms with Gasteiger partial charge in [0.2, 0.25) is 0 Å². The average Bonchev–Trinajstić information content (AvgIpc) is 3.42. The third-order valence-electron chi connectivity index (χ3n) is 6.33. The van der Waals surface area contributed by atoms with Gasteiger partial charge in [0.25, 0.3) is 5.91 Å². The number of urea groups is 1. The Balaban J connectivity index is 1.62.